The highest BCUT2D eigenvalue weighted by atomic mass is 32.1. The molecule has 190 valence electrons. The van der Waals surface area contributed by atoms with Gasteiger partial charge >= 0.3 is 5.97 Å². The lowest BCUT2D eigenvalue weighted by atomic mass is 9.73. The number of rotatable bonds is 2. The molecule has 1 aromatic rings. The number of aliphatic hydroxyl groups excluding tert-OH is 2. The summed E-state index contributed by atoms with van der Waals surface area (Å²) in [6, 6.07) is 0. The molecule has 2 rings (SSSR count). The fraction of sp³-hybridized carbons (Fsp3) is 0.667. The molecule has 0 saturated carbocycles. The molecule has 1 aromatic heterocycles. The zero-order valence-corrected chi connectivity index (χ0v) is 22.4. The Balaban J connectivity index is 2.35. The number of cyclic esters (lactones) is 1. The van der Waals surface area contributed by atoms with Crippen molar-refractivity contribution in [1.29, 1.82) is 0 Å². The van der Waals surface area contributed by atoms with E-state index in [0.29, 0.717) is 6.42 Å². The lowest BCUT2D eigenvalue weighted by molar-refractivity contribution is -0.160. The molecule has 1 aliphatic rings. The third kappa shape index (κ3) is 7.09. The van der Waals surface area contributed by atoms with E-state index >= 15 is 0 Å². The van der Waals surface area contributed by atoms with Gasteiger partial charge in [0.25, 0.3) is 0 Å². The van der Waals surface area contributed by atoms with Gasteiger partial charge in [-0.25, -0.2) is 4.98 Å². The van der Waals surface area contributed by atoms with Crippen LogP contribution in [-0.2, 0) is 14.3 Å². The minimum Gasteiger partial charge on any atom is -0.454 e. The first-order valence-electron chi connectivity index (χ1n) is 12.2. The molecule has 34 heavy (non-hydrogen) atoms. The smallest absolute Gasteiger partial charge is 0.309 e. The van der Waals surface area contributed by atoms with Gasteiger partial charge in [0.2, 0.25) is 0 Å². The summed E-state index contributed by atoms with van der Waals surface area (Å²) in [5.41, 5.74) is -0.434. The Morgan fingerprint density at radius 2 is 1.88 bits per heavy atom. The fourth-order valence-corrected chi connectivity index (χ4v) is 4.93. The number of aromatic nitrogens is 1. The summed E-state index contributed by atoms with van der Waals surface area (Å²) in [4.78, 5) is 30.6. The van der Waals surface area contributed by atoms with Crippen LogP contribution in [0.2, 0.25) is 0 Å². The molecule has 0 aliphatic carbocycles. The van der Waals surface area contributed by atoms with Crippen molar-refractivity contribution in [1.82, 2.24) is 4.98 Å². The number of carbonyl (C=O) groups excluding carboxylic acids is 2. The normalized spacial score (nSPS) is 33.4. The van der Waals surface area contributed by atoms with Crippen molar-refractivity contribution in [2.24, 2.45) is 17.3 Å². The molecule has 0 spiro atoms. The van der Waals surface area contributed by atoms with Crippen molar-refractivity contribution in [2.45, 2.75) is 98.4 Å². The van der Waals surface area contributed by atoms with Gasteiger partial charge in [-0.15, -0.1) is 11.3 Å². The first kappa shape index (κ1) is 28.4. The van der Waals surface area contributed by atoms with Crippen molar-refractivity contribution < 1.29 is 24.5 Å². The van der Waals surface area contributed by atoms with E-state index in [1.54, 1.807) is 32.1 Å². The first-order chi connectivity index (χ1) is 15.8. The van der Waals surface area contributed by atoms with Gasteiger partial charge in [0, 0.05) is 17.7 Å². The lowest BCUT2D eigenvalue weighted by Crippen LogP contribution is -2.46. The van der Waals surface area contributed by atoms with Crippen molar-refractivity contribution in [3.63, 3.8) is 0 Å². The molecular weight excluding hydrogens is 450 g/mol. The van der Waals surface area contributed by atoms with Crippen LogP contribution >= 0.6 is 11.3 Å². The Kier molecular flexibility index (Phi) is 9.80. The highest BCUT2D eigenvalue weighted by Crippen LogP contribution is 2.34. The van der Waals surface area contributed by atoms with E-state index in [1.165, 1.54) is 0 Å². The van der Waals surface area contributed by atoms with Gasteiger partial charge in [0.15, 0.2) is 0 Å². The molecule has 5 atom stereocenters. The Morgan fingerprint density at radius 3 is 2.50 bits per heavy atom. The van der Waals surface area contributed by atoms with E-state index in [-0.39, 0.29) is 18.1 Å². The monoisotopic (exact) mass is 491 g/mol. The van der Waals surface area contributed by atoms with Gasteiger partial charge in [-0.1, -0.05) is 39.8 Å². The molecule has 2 N–H and O–H groups in total. The summed E-state index contributed by atoms with van der Waals surface area (Å²) in [5.74, 6) is -1.51. The minimum absolute atomic E-state index is 0.0461. The summed E-state index contributed by atoms with van der Waals surface area (Å²) in [6.07, 6.45) is 6.69. The maximum absolute atomic E-state index is 13.2. The molecule has 2 heterocycles. The second kappa shape index (κ2) is 11.7. The summed E-state index contributed by atoms with van der Waals surface area (Å²) >= 11 is 1.56. The Morgan fingerprint density at radius 1 is 1.21 bits per heavy atom. The molecule has 0 fully saturated rings. The summed E-state index contributed by atoms with van der Waals surface area (Å²) in [6.45, 7) is 12.6. The summed E-state index contributed by atoms with van der Waals surface area (Å²) in [7, 11) is 0. The number of hydrogen-bond acceptors (Lipinski definition) is 7. The highest BCUT2D eigenvalue weighted by Gasteiger charge is 2.43. The molecular formula is C27H41NO5S. The van der Waals surface area contributed by atoms with Crippen molar-refractivity contribution in [3.8, 4) is 0 Å². The molecule has 0 bridgehead atoms. The Hall–Kier alpha value is -1.83. The Bertz CT molecular complexity index is 918. The van der Waals surface area contributed by atoms with Crippen molar-refractivity contribution in [3.05, 3.63) is 33.8 Å². The average Bonchev–Trinajstić information content (AvgIpc) is 3.17. The van der Waals surface area contributed by atoms with Crippen LogP contribution in [0, 0.1) is 24.2 Å². The maximum Gasteiger partial charge on any atom is 0.309 e. The van der Waals surface area contributed by atoms with Crippen LogP contribution in [0.15, 0.2) is 23.1 Å². The summed E-state index contributed by atoms with van der Waals surface area (Å²) < 4.78 is 5.94. The quantitative estimate of drug-likeness (QED) is 0.432. The molecule has 6 nitrogen and oxygen atoms in total. The molecule has 0 aromatic carbocycles. The zero-order chi connectivity index (χ0) is 25.7. The SMILES string of the molecule is CC(=Cc1csc(C)n1)C1(C)C/C=C\CCCC(C)C(O)C(C)C(=O)C(C)(C)C(O)CC(=O)O1. The second-order valence-electron chi connectivity index (χ2n) is 10.5. The van der Waals surface area contributed by atoms with Crippen molar-refractivity contribution >= 4 is 29.2 Å². The number of ether oxygens (including phenoxy) is 1. The minimum atomic E-state index is -1.23. The number of carbonyl (C=O) groups is 2. The fourth-order valence-electron chi connectivity index (χ4n) is 4.36. The van der Waals surface area contributed by atoms with Gasteiger partial charge in [-0.05, 0) is 57.6 Å². The van der Waals surface area contributed by atoms with Crippen LogP contribution in [0.25, 0.3) is 6.08 Å². The molecule has 7 heteroatoms. The maximum atomic E-state index is 13.2. The van der Waals surface area contributed by atoms with Gasteiger partial charge in [-0.2, -0.15) is 0 Å². The van der Waals surface area contributed by atoms with Gasteiger partial charge in [0.05, 0.1) is 34.7 Å². The van der Waals surface area contributed by atoms with Gasteiger partial charge in [0.1, 0.15) is 11.4 Å². The number of aliphatic hydroxyl groups is 2. The van der Waals surface area contributed by atoms with Crippen LogP contribution in [0.1, 0.15) is 84.3 Å². The van der Waals surface area contributed by atoms with E-state index in [2.05, 4.69) is 11.1 Å². The number of ketones is 1. The predicted octanol–water partition coefficient (Wildman–Crippen LogP) is 5.27. The molecule has 0 radical (unpaired) electrons. The number of allylic oxidation sites excluding steroid dienone is 1. The molecule has 5 unspecified atom stereocenters. The number of aryl methyl sites for hydroxylation is 1. The molecule has 0 amide bonds. The second-order valence-corrected chi connectivity index (χ2v) is 11.6. The Labute approximate surface area is 208 Å². The number of thiazole rings is 1. The first-order valence-corrected chi connectivity index (χ1v) is 13.0. The van der Waals surface area contributed by atoms with E-state index in [9.17, 15) is 19.8 Å². The summed E-state index contributed by atoms with van der Waals surface area (Å²) in [5, 5.41) is 24.5. The van der Waals surface area contributed by atoms with Crippen LogP contribution in [0.5, 0.6) is 0 Å². The number of hydrogen-bond donors (Lipinski definition) is 2. The van der Waals surface area contributed by atoms with Crippen LogP contribution < -0.4 is 0 Å². The number of esters is 1. The highest BCUT2D eigenvalue weighted by molar-refractivity contribution is 7.09. The van der Waals surface area contributed by atoms with Crippen LogP contribution in [0.4, 0.5) is 0 Å². The predicted molar refractivity (Wildman–Crippen MR) is 136 cm³/mol. The largest absolute Gasteiger partial charge is 0.454 e. The van der Waals surface area contributed by atoms with Gasteiger partial charge in [-0.3, -0.25) is 9.59 Å². The third-order valence-electron chi connectivity index (χ3n) is 7.22. The van der Waals surface area contributed by atoms with Crippen LogP contribution in [-0.4, -0.2) is 44.8 Å². The van der Waals surface area contributed by atoms with E-state index in [1.807, 2.05) is 45.2 Å². The zero-order valence-electron chi connectivity index (χ0n) is 21.6. The van der Waals surface area contributed by atoms with E-state index < -0.39 is 35.1 Å². The van der Waals surface area contributed by atoms with Gasteiger partial charge < -0.3 is 14.9 Å². The average molecular weight is 492 g/mol. The number of Topliss-reactive ketones (excluding diaryl/α,β-unsaturated/α-hetero) is 1. The molecule has 0 saturated heterocycles. The lowest BCUT2D eigenvalue weighted by Gasteiger charge is -2.35. The van der Waals surface area contributed by atoms with Crippen molar-refractivity contribution in [2.75, 3.05) is 0 Å². The van der Waals surface area contributed by atoms with E-state index in [4.69, 9.17) is 4.74 Å². The van der Waals surface area contributed by atoms with Crippen LogP contribution in [0.3, 0.4) is 0 Å². The van der Waals surface area contributed by atoms with E-state index in [0.717, 1.165) is 35.5 Å². The molecule has 1 aliphatic heterocycles. The third-order valence-corrected chi connectivity index (χ3v) is 8.01. The standard InChI is InChI=1S/C27H41NO5S/c1-17-12-10-8-9-11-13-27(7,18(2)14-21-16-34-20(4)28-21)33-23(30)15-22(29)26(5,6)25(32)19(3)24(17)31/h9,11,14,16-17,19,22,24,29,31H,8,10,12-13,15H2,1-7H3/b11-9-,18-14?. The number of nitrogens with zero attached hydrogens (tertiary/aromatic N) is 1. The topological polar surface area (TPSA) is 96.7 Å².